The van der Waals surface area contributed by atoms with Crippen molar-refractivity contribution in [3.8, 4) is 11.3 Å². The van der Waals surface area contributed by atoms with E-state index in [0.29, 0.717) is 5.69 Å². The Hall–Kier alpha value is -3.09. The fourth-order valence-corrected chi connectivity index (χ4v) is 3.23. The maximum absolute atomic E-state index is 12.6. The average molecular weight is 371 g/mol. The number of aromatic nitrogens is 2. The topological polar surface area (TPSA) is 46.9 Å². The predicted octanol–water partition coefficient (Wildman–Crippen LogP) is 4.77. The lowest BCUT2D eigenvalue weighted by atomic mass is 10.1. The Morgan fingerprint density at radius 2 is 1.74 bits per heavy atom. The molecule has 1 amide bonds. The van der Waals surface area contributed by atoms with E-state index in [1.165, 1.54) is 12.1 Å². The van der Waals surface area contributed by atoms with Gasteiger partial charge < -0.3 is 9.88 Å². The van der Waals surface area contributed by atoms with Crippen LogP contribution in [-0.2, 0) is 19.1 Å². The van der Waals surface area contributed by atoms with Gasteiger partial charge in [-0.25, -0.2) is 4.98 Å². The third-order valence-corrected chi connectivity index (χ3v) is 4.63. The van der Waals surface area contributed by atoms with E-state index in [1.54, 1.807) is 12.1 Å². The summed E-state index contributed by atoms with van der Waals surface area (Å²) in [7, 11) is 0. The Morgan fingerprint density at radius 1 is 1.04 bits per heavy atom. The van der Waals surface area contributed by atoms with Gasteiger partial charge in [-0.1, -0.05) is 12.1 Å². The first-order chi connectivity index (χ1) is 12.9. The smallest absolute Gasteiger partial charge is 0.328 e. The number of halogens is 3. The van der Waals surface area contributed by atoms with Crippen molar-refractivity contribution in [3.05, 3.63) is 71.7 Å². The van der Waals surface area contributed by atoms with Crippen LogP contribution in [0.5, 0.6) is 0 Å². The molecule has 3 aromatic rings. The second kappa shape index (κ2) is 6.57. The van der Waals surface area contributed by atoms with Crippen LogP contribution in [0.4, 0.5) is 18.9 Å². The summed E-state index contributed by atoms with van der Waals surface area (Å²) in [6.07, 6.45) is -0.484. The molecule has 7 heteroatoms. The molecule has 0 aliphatic carbocycles. The van der Waals surface area contributed by atoms with Crippen LogP contribution in [0.15, 0.2) is 54.7 Å². The van der Waals surface area contributed by atoms with Gasteiger partial charge in [0.25, 0.3) is 5.91 Å². The largest absolute Gasteiger partial charge is 0.416 e. The number of imidazole rings is 1. The van der Waals surface area contributed by atoms with Gasteiger partial charge in [-0.15, -0.1) is 0 Å². The van der Waals surface area contributed by atoms with Gasteiger partial charge in [0, 0.05) is 24.2 Å². The lowest BCUT2D eigenvalue weighted by Gasteiger charge is -2.09. The number of aryl methyl sites for hydroxylation is 1. The number of hydrogen-bond acceptors (Lipinski definition) is 2. The van der Waals surface area contributed by atoms with Gasteiger partial charge in [0.1, 0.15) is 5.82 Å². The van der Waals surface area contributed by atoms with Crippen molar-refractivity contribution in [2.45, 2.75) is 25.6 Å². The summed E-state index contributed by atoms with van der Waals surface area (Å²) in [4.78, 5) is 16.7. The number of amides is 1. The van der Waals surface area contributed by atoms with Crippen LogP contribution < -0.4 is 5.32 Å². The Balaban J connectivity index is 1.47. The van der Waals surface area contributed by atoms with E-state index >= 15 is 0 Å². The number of carbonyl (C=O) groups excluding carboxylic acids is 1. The van der Waals surface area contributed by atoms with Crippen molar-refractivity contribution in [1.29, 1.82) is 0 Å². The molecule has 0 spiro atoms. The SMILES string of the molecule is O=C(Nc1ccc(-c2cnc3n2CCC3)cc1)c1ccc(C(F)(F)F)cc1. The van der Waals surface area contributed by atoms with Crippen LogP contribution in [0.25, 0.3) is 11.3 Å². The average Bonchev–Trinajstić information content (AvgIpc) is 3.25. The molecular weight excluding hydrogens is 355 g/mol. The van der Waals surface area contributed by atoms with Crippen molar-refractivity contribution in [2.24, 2.45) is 0 Å². The molecular formula is C20H16F3N3O. The minimum absolute atomic E-state index is 0.167. The number of benzene rings is 2. The zero-order valence-corrected chi connectivity index (χ0v) is 14.3. The quantitative estimate of drug-likeness (QED) is 0.721. The molecule has 4 rings (SSSR count). The summed E-state index contributed by atoms with van der Waals surface area (Å²) in [5.41, 5.74) is 2.01. The van der Waals surface area contributed by atoms with E-state index in [0.717, 1.165) is 48.6 Å². The van der Waals surface area contributed by atoms with Crippen molar-refractivity contribution < 1.29 is 18.0 Å². The summed E-state index contributed by atoms with van der Waals surface area (Å²) in [5.74, 6) is 0.631. The van der Waals surface area contributed by atoms with E-state index in [2.05, 4.69) is 14.9 Å². The molecule has 4 nitrogen and oxygen atoms in total. The van der Waals surface area contributed by atoms with Gasteiger partial charge >= 0.3 is 6.18 Å². The molecule has 138 valence electrons. The Morgan fingerprint density at radius 3 is 2.41 bits per heavy atom. The molecule has 2 heterocycles. The number of carbonyl (C=O) groups is 1. The zero-order chi connectivity index (χ0) is 19.0. The summed E-state index contributed by atoms with van der Waals surface area (Å²) in [6.45, 7) is 0.955. The third kappa shape index (κ3) is 3.45. The Labute approximate surface area is 153 Å². The van der Waals surface area contributed by atoms with Crippen molar-refractivity contribution in [1.82, 2.24) is 9.55 Å². The van der Waals surface area contributed by atoms with E-state index in [4.69, 9.17) is 0 Å². The highest BCUT2D eigenvalue weighted by atomic mass is 19.4. The van der Waals surface area contributed by atoms with Crippen molar-refractivity contribution in [3.63, 3.8) is 0 Å². The molecule has 0 unspecified atom stereocenters. The maximum Gasteiger partial charge on any atom is 0.416 e. The van der Waals surface area contributed by atoms with Crippen LogP contribution in [0.2, 0.25) is 0 Å². The highest BCUT2D eigenvalue weighted by Gasteiger charge is 2.30. The number of hydrogen-bond donors (Lipinski definition) is 1. The highest BCUT2D eigenvalue weighted by Crippen LogP contribution is 2.29. The molecule has 0 bridgehead atoms. The molecule has 0 atom stereocenters. The molecule has 0 radical (unpaired) electrons. The molecule has 0 saturated heterocycles. The van der Waals surface area contributed by atoms with Gasteiger partial charge in [-0.05, 0) is 48.4 Å². The van der Waals surface area contributed by atoms with Gasteiger partial charge in [0.15, 0.2) is 0 Å². The monoisotopic (exact) mass is 371 g/mol. The molecule has 27 heavy (non-hydrogen) atoms. The van der Waals surface area contributed by atoms with Crippen LogP contribution in [-0.4, -0.2) is 15.5 Å². The predicted molar refractivity (Wildman–Crippen MR) is 95.4 cm³/mol. The first-order valence-corrected chi connectivity index (χ1v) is 8.55. The minimum atomic E-state index is -4.42. The van der Waals surface area contributed by atoms with E-state index in [1.807, 2.05) is 18.3 Å². The van der Waals surface area contributed by atoms with Gasteiger partial charge in [0.05, 0.1) is 17.5 Å². The number of fused-ring (bicyclic) bond motifs is 1. The van der Waals surface area contributed by atoms with Gasteiger partial charge in [-0.3, -0.25) is 4.79 Å². The molecule has 0 saturated carbocycles. The summed E-state index contributed by atoms with van der Waals surface area (Å²) in [6, 6.07) is 11.5. The standard InChI is InChI=1S/C20H16F3N3O/c21-20(22,23)15-7-3-14(4-8-15)19(27)25-16-9-5-13(6-10-16)17-12-24-18-2-1-11-26(17)18/h3-10,12H,1-2,11H2,(H,25,27). The lowest BCUT2D eigenvalue weighted by Crippen LogP contribution is -2.12. The van der Waals surface area contributed by atoms with Crippen LogP contribution in [0.1, 0.15) is 28.2 Å². The summed E-state index contributed by atoms with van der Waals surface area (Å²) < 4.78 is 40.0. The van der Waals surface area contributed by atoms with E-state index in [-0.39, 0.29) is 5.56 Å². The Kier molecular flexibility index (Phi) is 4.22. The zero-order valence-electron chi connectivity index (χ0n) is 14.3. The van der Waals surface area contributed by atoms with Gasteiger partial charge in [0.2, 0.25) is 0 Å². The molecule has 1 aliphatic heterocycles. The fourth-order valence-electron chi connectivity index (χ4n) is 3.23. The molecule has 0 fully saturated rings. The second-order valence-corrected chi connectivity index (χ2v) is 6.42. The number of rotatable bonds is 3. The second-order valence-electron chi connectivity index (χ2n) is 6.42. The van der Waals surface area contributed by atoms with E-state index in [9.17, 15) is 18.0 Å². The van der Waals surface area contributed by atoms with E-state index < -0.39 is 17.6 Å². The summed E-state index contributed by atoms with van der Waals surface area (Å²) >= 11 is 0. The number of anilines is 1. The van der Waals surface area contributed by atoms with Crippen LogP contribution >= 0.6 is 0 Å². The fraction of sp³-hybridized carbons (Fsp3) is 0.200. The van der Waals surface area contributed by atoms with Crippen LogP contribution in [0, 0.1) is 0 Å². The number of nitrogens with one attached hydrogen (secondary N) is 1. The minimum Gasteiger partial charge on any atom is -0.328 e. The maximum atomic E-state index is 12.6. The molecule has 1 aromatic heterocycles. The number of alkyl halides is 3. The third-order valence-electron chi connectivity index (χ3n) is 4.63. The number of nitrogens with zero attached hydrogens (tertiary/aromatic N) is 2. The lowest BCUT2D eigenvalue weighted by molar-refractivity contribution is -0.137. The normalized spacial score (nSPS) is 13.4. The molecule has 1 aliphatic rings. The molecule has 1 N–H and O–H groups in total. The van der Waals surface area contributed by atoms with Crippen molar-refractivity contribution >= 4 is 11.6 Å². The highest BCUT2D eigenvalue weighted by molar-refractivity contribution is 6.04. The summed E-state index contributed by atoms with van der Waals surface area (Å²) in [5, 5.41) is 2.70. The first kappa shape index (κ1) is 17.3. The van der Waals surface area contributed by atoms with Crippen LogP contribution in [0.3, 0.4) is 0 Å². The molecule has 2 aromatic carbocycles. The first-order valence-electron chi connectivity index (χ1n) is 8.55. The van der Waals surface area contributed by atoms with Crippen molar-refractivity contribution in [2.75, 3.05) is 5.32 Å². The Bertz CT molecular complexity index is 973. The van der Waals surface area contributed by atoms with Gasteiger partial charge in [-0.2, -0.15) is 13.2 Å².